The fraction of sp³-hybridized carbons (Fsp3) is 0.312. The highest BCUT2D eigenvalue weighted by atomic mass is 32.2. The summed E-state index contributed by atoms with van der Waals surface area (Å²) in [7, 11) is -2.28. The maximum absolute atomic E-state index is 12.4. The van der Waals surface area contributed by atoms with Crippen molar-refractivity contribution in [1.29, 1.82) is 0 Å². The Morgan fingerprint density at radius 3 is 2.29 bits per heavy atom. The van der Waals surface area contributed by atoms with Gasteiger partial charge in [0.1, 0.15) is 0 Å². The summed E-state index contributed by atoms with van der Waals surface area (Å²) >= 11 is 0. The Hall–Kier alpha value is -2.48. The molecule has 2 N–H and O–H groups in total. The van der Waals surface area contributed by atoms with Crippen LogP contribution in [0.2, 0.25) is 0 Å². The molecule has 0 fully saturated rings. The minimum absolute atomic E-state index is 0.0497. The van der Waals surface area contributed by atoms with Gasteiger partial charge in [-0.05, 0) is 42.2 Å². The quantitative estimate of drug-likeness (QED) is 0.833. The third-order valence-corrected chi connectivity index (χ3v) is 5.11. The van der Waals surface area contributed by atoms with Crippen LogP contribution in [0.3, 0.4) is 0 Å². The number of nitrogens with zero attached hydrogens (tertiary/aromatic N) is 2. The van der Waals surface area contributed by atoms with Crippen molar-refractivity contribution in [2.75, 3.05) is 11.8 Å². The van der Waals surface area contributed by atoms with E-state index in [1.165, 1.54) is 19.2 Å². The van der Waals surface area contributed by atoms with Crippen molar-refractivity contribution in [2.45, 2.75) is 31.1 Å². The van der Waals surface area contributed by atoms with E-state index in [9.17, 15) is 13.2 Å². The molecule has 1 heterocycles. The Morgan fingerprint density at radius 2 is 1.79 bits per heavy atom. The number of aromatic nitrogens is 2. The summed E-state index contributed by atoms with van der Waals surface area (Å²) in [6.45, 7) is 4.17. The third kappa shape index (κ3) is 4.08. The lowest BCUT2D eigenvalue weighted by Crippen LogP contribution is -2.20. The molecule has 24 heavy (non-hydrogen) atoms. The fourth-order valence-corrected chi connectivity index (χ4v) is 3.04. The molecule has 0 aliphatic carbocycles. The number of anilines is 1. The smallest absolute Gasteiger partial charge is 0.271 e. The number of benzene rings is 1. The number of amides is 1. The predicted molar refractivity (Wildman–Crippen MR) is 91.4 cm³/mol. The highest BCUT2D eigenvalue weighted by molar-refractivity contribution is 7.92. The molecule has 1 aromatic carbocycles. The fourth-order valence-electron chi connectivity index (χ4n) is 2.04. The number of carbonyl (C=O) groups excluding carboxylic acids is 1. The number of rotatable bonds is 6. The van der Waals surface area contributed by atoms with Crippen molar-refractivity contribution >= 4 is 21.7 Å². The summed E-state index contributed by atoms with van der Waals surface area (Å²) in [5, 5.41) is 9.82. The second kappa shape index (κ2) is 7.39. The third-order valence-electron chi connectivity index (χ3n) is 3.73. The molecule has 0 aliphatic heterocycles. The molecule has 2 aromatic rings. The second-order valence-electron chi connectivity index (χ2n) is 5.37. The van der Waals surface area contributed by atoms with Crippen LogP contribution in [-0.4, -0.2) is 31.6 Å². The van der Waals surface area contributed by atoms with Gasteiger partial charge in [0.2, 0.25) is 0 Å². The van der Waals surface area contributed by atoms with Crippen molar-refractivity contribution in [3.8, 4) is 0 Å². The molecule has 0 radical (unpaired) electrons. The Morgan fingerprint density at radius 1 is 1.12 bits per heavy atom. The molecule has 2 rings (SSSR count). The standard InChI is InChI=1S/C16H20N4O3S/c1-4-11(2)12-5-7-13(8-6-12)24(22,23)20-15-10-9-14(18-19-15)16(21)17-3/h5-11H,4H2,1-3H3,(H,17,21)(H,19,20). The minimum atomic E-state index is -3.75. The molecular formula is C16H20N4O3S. The van der Waals surface area contributed by atoms with Crippen LogP contribution in [0.25, 0.3) is 0 Å². The van der Waals surface area contributed by atoms with Gasteiger partial charge >= 0.3 is 0 Å². The van der Waals surface area contributed by atoms with Crippen LogP contribution in [0, 0.1) is 0 Å². The van der Waals surface area contributed by atoms with Crippen molar-refractivity contribution in [3.63, 3.8) is 0 Å². The number of sulfonamides is 1. The van der Waals surface area contributed by atoms with Gasteiger partial charge in [-0.1, -0.05) is 26.0 Å². The zero-order chi connectivity index (χ0) is 17.7. The molecule has 0 saturated heterocycles. The maximum Gasteiger partial charge on any atom is 0.271 e. The van der Waals surface area contributed by atoms with E-state index in [4.69, 9.17) is 0 Å². The van der Waals surface area contributed by atoms with Crippen molar-refractivity contribution in [1.82, 2.24) is 15.5 Å². The predicted octanol–water partition coefficient (Wildman–Crippen LogP) is 2.15. The molecule has 1 unspecified atom stereocenters. The van der Waals surface area contributed by atoms with E-state index >= 15 is 0 Å². The van der Waals surface area contributed by atoms with Crippen molar-refractivity contribution < 1.29 is 13.2 Å². The minimum Gasteiger partial charge on any atom is -0.354 e. The Bertz CT molecular complexity index is 802. The Balaban J connectivity index is 2.17. The first kappa shape index (κ1) is 17.9. The van der Waals surface area contributed by atoms with E-state index in [0.717, 1.165) is 12.0 Å². The highest BCUT2D eigenvalue weighted by Crippen LogP contribution is 2.21. The van der Waals surface area contributed by atoms with Gasteiger partial charge in [-0.2, -0.15) is 0 Å². The number of hydrogen-bond acceptors (Lipinski definition) is 5. The average molecular weight is 348 g/mol. The Labute approximate surface area is 141 Å². The molecule has 1 atom stereocenters. The summed E-state index contributed by atoms with van der Waals surface area (Å²) in [6.07, 6.45) is 0.984. The molecule has 0 spiro atoms. The first-order chi connectivity index (χ1) is 11.4. The molecule has 8 heteroatoms. The van der Waals surface area contributed by atoms with Gasteiger partial charge in [-0.25, -0.2) is 8.42 Å². The summed E-state index contributed by atoms with van der Waals surface area (Å²) in [4.78, 5) is 11.5. The zero-order valence-corrected chi connectivity index (χ0v) is 14.6. The van der Waals surface area contributed by atoms with Gasteiger partial charge in [-0.3, -0.25) is 9.52 Å². The van der Waals surface area contributed by atoms with Crippen molar-refractivity contribution in [2.24, 2.45) is 0 Å². The summed E-state index contributed by atoms with van der Waals surface area (Å²) in [6, 6.07) is 9.54. The van der Waals surface area contributed by atoms with Crippen LogP contribution < -0.4 is 10.0 Å². The van der Waals surface area contributed by atoms with E-state index < -0.39 is 15.9 Å². The monoisotopic (exact) mass is 348 g/mol. The van der Waals surface area contributed by atoms with Crippen LogP contribution in [-0.2, 0) is 10.0 Å². The van der Waals surface area contributed by atoms with Gasteiger partial charge in [0.15, 0.2) is 11.5 Å². The average Bonchev–Trinajstić information content (AvgIpc) is 2.60. The van der Waals surface area contributed by atoms with E-state index in [2.05, 4.69) is 34.1 Å². The molecule has 7 nitrogen and oxygen atoms in total. The van der Waals surface area contributed by atoms with Gasteiger partial charge in [0.25, 0.3) is 15.9 Å². The number of carbonyl (C=O) groups is 1. The van der Waals surface area contributed by atoms with Crippen LogP contribution in [0.1, 0.15) is 42.2 Å². The lowest BCUT2D eigenvalue weighted by atomic mass is 9.99. The van der Waals surface area contributed by atoms with Gasteiger partial charge in [0.05, 0.1) is 4.90 Å². The molecular weight excluding hydrogens is 328 g/mol. The van der Waals surface area contributed by atoms with Crippen molar-refractivity contribution in [3.05, 3.63) is 47.7 Å². The van der Waals surface area contributed by atoms with Crippen LogP contribution in [0.5, 0.6) is 0 Å². The SMILES string of the molecule is CCC(C)c1ccc(S(=O)(=O)Nc2ccc(C(=O)NC)nn2)cc1. The summed E-state index contributed by atoms with van der Waals surface area (Å²) < 4.78 is 27.1. The Kier molecular flexibility index (Phi) is 5.50. The molecule has 1 aromatic heterocycles. The lowest BCUT2D eigenvalue weighted by Gasteiger charge is -2.11. The molecule has 1 amide bonds. The molecule has 0 saturated carbocycles. The van der Waals surface area contributed by atoms with Gasteiger partial charge in [0, 0.05) is 7.05 Å². The molecule has 0 aliphatic rings. The zero-order valence-electron chi connectivity index (χ0n) is 13.8. The van der Waals surface area contributed by atoms with Gasteiger partial charge < -0.3 is 5.32 Å². The molecule has 0 bridgehead atoms. The largest absolute Gasteiger partial charge is 0.354 e. The first-order valence-corrected chi connectivity index (χ1v) is 9.04. The maximum atomic E-state index is 12.4. The first-order valence-electron chi connectivity index (χ1n) is 7.56. The van der Waals surface area contributed by atoms with E-state index in [1.807, 2.05) is 12.1 Å². The highest BCUT2D eigenvalue weighted by Gasteiger charge is 2.16. The van der Waals surface area contributed by atoms with Crippen LogP contribution in [0.15, 0.2) is 41.3 Å². The summed E-state index contributed by atoms with van der Waals surface area (Å²) in [5.41, 5.74) is 1.20. The lowest BCUT2D eigenvalue weighted by molar-refractivity contribution is 0.0957. The topological polar surface area (TPSA) is 101 Å². The molecule has 128 valence electrons. The van der Waals surface area contributed by atoms with E-state index in [-0.39, 0.29) is 16.4 Å². The number of nitrogens with one attached hydrogen (secondary N) is 2. The number of hydrogen-bond donors (Lipinski definition) is 2. The summed E-state index contributed by atoms with van der Waals surface area (Å²) in [5.74, 6) is 0.0315. The van der Waals surface area contributed by atoms with Crippen LogP contribution >= 0.6 is 0 Å². The van der Waals surface area contributed by atoms with E-state index in [0.29, 0.717) is 5.92 Å². The van der Waals surface area contributed by atoms with Gasteiger partial charge in [-0.15, -0.1) is 10.2 Å². The second-order valence-corrected chi connectivity index (χ2v) is 7.05. The van der Waals surface area contributed by atoms with Crippen LogP contribution in [0.4, 0.5) is 5.82 Å². The van der Waals surface area contributed by atoms with E-state index in [1.54, 1.807) is 12.1 Å². The normalized spacial score (nSPS) is 12.5.